The molecular weight excluding hydrogens is 216 g/mol. The maximum atomic E-state index is 12.3. The summed E-state index contributed by atoms with van der Waals surface area (Å²) >= 11 is 0. The van der Waals surface area contributed by atoms with Crippen LogP contribution in [0.2, 0.25) is 0 Å². The lowest BCUT2D eigenvalue weighted by atomic mass is 9.85. The van der Waals surface area contributed by atoms with E-state index in [1.165, 1.54) is 0 Å². The van der Waals surface area contributed by atoms with Gasteiger partial charge in [0.25, 0.3) is 0 Å². The van der Waals surface area contributed by atoms with Gasteiger partial charge in [0, 0.05) is 6.61 Å². The molecule has 2 fully saturated rings. The molecule has 3 aliphatic rings. The summed E-state index contributed by atoms with van der Waals surface area (Å²) in [6.07, 6.45) is 8.14. The molecule has 0 radical (unpaired) electrons. The van der Waals surface area contributed by atoms with E-state index >= 15 is 0 Å². The number of fused-ring (bicyclic) bond motifs is 2. The molecule has 1 saturated carbocycles. The van der Waals surface area contributed by atoms with E-state index in [0.717, 1.165) is 32.3 Å². The van der Waals surface area contributed by atoms with Crippen LogP contribution in [0.5, 0.6) is 0 Å². The van der Waals surface area contributed by atoms with Gasteiger partial charge in [0.1, 0.15) is 6.10 Å². The van der Waals surface area contributed by atoms with Crippen molar-refractivity contribution in [1.29, 1.82) is 0 Å². The minimum Gasteiger partial charge on any atom is -0.459 e. The average molecular weight is 236 g/mol. The third-order valence-corrected chi connectivity index (χ3v) is 4.48. The maximum absolute atomic E-state index is 12.3. The van der Waals surface area contributed by atoms with Crippen molar-refractivity contribution in [3.05, 3.63) is 12.2 Å². The molecule has 3 rings (SSSR count). The van der Waals surface area contributed by atoms with E-state index in [1.54, 1.807) is 0 Å². The average Bonchev–Trinajstić information content (AvgIpc) is 2.89. The van der Waals surface area contributed by atoms with E-state index in [2.05, 4.69) is 19.1 Å². The SMILES string of the molecule is CC1CC2(C(=O)OC3CCCOC3)C=CC1C2. The Morgan fingerprint density at radius 1 is 1.47 bits per heavy atom. The Morgan fingerprint density at radius 2 is 2.35 bits per heavy atom. The molecule has 17 heavy (non-hydrogen) atoms. The summed E-state index contributed by atoms with van der Waals surface area (Å²) < 4.78 is 11.0. The van der Waals surface area contributed by atoms with E-state index < -0.39 is 0 Å². The van der Waals surface area contributed by atoms with Crippen molar-refractivity contribution in [2.45, 2.75) is 38.7 Å². The summed E-state index contributed by atoms with van der Waals surface area (Å²) in [4.78, 5) is 12.3. The molecule has 3 heteroatoms. The highest BCUT2D eigenvalue weighted by molar-refractivity contribution is 5.80. The third-order valence-electron chi connectivity index (χ3n) is 4.48. The maximum Gasteiger partial charge on any atom is 0.316 e. The molecule has 4 atom stereocenters. The van der Waals surface area contributed by atoms with Gasteiger partial charge < -0.3 is 9.47 Å². The monoisotopic (exact) mass is 236 g/mol. The number of carbonyl (C=O) groups excluding carboxylic acids is 1. The molecule has 0 aromatic carbocycles. The first-order valence-corrected chi connectivity index (χ1v) is 6.68. The molecule has 1 heterocycles. The van der Waals surface area contributed by atoms with Crippen molar-refractivity contribution in [2.75, 3.05) is 13.2 Å². The normalized spacial score (nSPS) is 43.9. The number of hydrogen-bond acceptors (Lipinski definition) is 3. The van der Waals surface area contributed by atoms with E-state index in [4.69, 9.17) is 9.47 Å². The van der Waals surface area contributed by atoms with E-state index in [1.807, 2.05) is 0 Å². The lowest BCUT2D eigenvalue weighted by molar-refractivity contribution is -0.164. The zero-order valence-corrected chi connectivity index (χ0v) is 10.4. The zero-order chi connectivity index (χ0) is 11.9. The van der Waals surface area contributed by atoms with Crippen molar-refractivity contribution in [2.24, 2.45) is 17.3 Å². The second kappa shape index (κ2) is 4.13. The van der Waals surface area contributed by atoms with Crippen molar-refractivity contribution >= 4 is 5.97 Å². The van der Waals surface area contributed by atoms with Crippen LogP contribution in [0, 0.1) is 17.3 Å². The first-order valence-electron chi connectivity index (χ1n) is 6.68. The van der Waals surface area contributed by atoms with Crippen molar-refractivity contribution in [3.8, 4) is 0 Å². The van der Waals surface area contributed by atoms with Crippen LogP contribution in [-0.4, -0.2) is 25.3 Å². The molecule has 1 saturated heterocycles. The van der Waals surface area contributed by atoms with Gasteiger partial charge in [-0.05, 0) is 37.5 Å². The van der Waals surface area contributed by atoms with Crippen LogP contribution in [0.3, 0.4) is 0 Å². The lowest BCUT2D eigenvalue weighted by Gasteiger charge is -2.28. The quantitative estimate of drug-likeness (QED) is 0.545. The minimum absolute atomic E-state index is 0.0175. The molecule has 0 amide bonds. The van der Waals surface area contributed by atoms with Crippen LogP contribution in [0.25, 0.3) is 0 Å². The fraction of sp³-hybridized carbons (Fsp3) is 0.786. The summed E-state index contributed by atoms with van der Waals surface area (Å²) in [7, 11) is 0. The van der Waals surface area contributed by atoms with Gasteiger partial charge >= 0.3 is 5.97 Å². The standard InChI is InChI=1S/C14H20O3/c1-10-7-14(5-4-11(10)8-14)13(15)17-12-3-2-6-16-9-12/h4-5,10-12H,2-3,6-9H2,1H3. The van der Waals surface area contributed by atoms with Gasteiger partial charge in [0.2, 0.25) is 0 Å². The Bertz CT molecular complexity index is 343. The molecule has 2 aliphatic carbocycles. The van der Waals surface area contributed by atoms with Crippen LogP contribution in [0.4, 0.5) is 0 Å². The fourth-order valence-electron chi connectivity index (χ4n) is 3.44. The zero-order valence-electron chi connectivity index (χ0n) is 10.4. The lowest BCUT2D eigenvalue weighted by Crippen LogP contribution is -2.35. The Balaban J connectivity index is 1.64. The molecule has 1 aliphatic heterocycles. The Labute approximate surface area is 102 Å². The van der Waals surface area contributed by atoms with Crippen LogP contribution in [-0.2, 0) is 14.3 Å². The first-order chi connectivity index (χ1) is 8.20. The van der Waals surface area contributed by atoms with E-state index in [9.17, 15) is 4.79 Å². The molecule has 0 N–H and O–H groups in total. The molecule has 94 valence electrons. The Hall–Kier alpha value is -0.830. The molecule has 0 spiro atoms. The number of carbonyl (C=O) groups is 1. The molecule has 0 aromatic heterocycles. The fourth-order valence-corrected chi connectivity index (χ4v) is 3.44. The van der Waals surface area contributed by atoms with Gasteiger partial charge in [-0.15, -0.1) is 0 Å². The predicted octanol–water partition coefficient (Wildman–Crippen LogP) is 2.31. The predicted molar refractivity (Wildman–Crippen MR) is 63.4 cm³/mol. The van der Waals surface area contributed by atoms with Crippen LogP contribution >= 0.6 is 0 Å². The summed E-state index contributed by atoms with van der Waals surface area (Å²) in [5, 5.41) is 0. The first kappa shape index (κ1) is 11.3. The minimum atomic E-state index is -0.304. The van der Waals surface area contributed by atoms with Crippen molar-refractivity contribution in [1.82, 2.24) is 0 Å². The molecule has 2 bridgehead atoms. The smallest absolute Gasteiger partial charge is 0.316 e. The molecule has 3 nitrogen and oxygen atoms in total. The highest BCUT2D eigenvalue weighted by Gasteiger charge is 2.51. The second-order valence-electron chi connectivity index (χ2n) is 5.81. The van der Waals surface area contributed by atoms with E-state index in [-0.39, 0.29) is 17.5 Å². The Morgan fingerprint density at radius 3 is 2.94 bits per heavy atom. The van der Waals surface area contributed by atoms with Gasteiger partial charge in [-0.2, -0.15) is 0 Å². The van der Waals surface area contributed by atoms with Gasteiger partial charge in [-0.3, -0.25) is 4.79 Å². The number of ether oxygens (including phenoxy) is 2. The number of rotatable bonds is 2. The van der Waals surface area contributed by atoms with Gasteiger partial charge in [-0.1, -0.05) is 19.1 Å². The largest absolute Gasteiger partial charge is 0.459 e. The highest BCUT2D eigenvalue weighted by atomic mass is 16.6. The number of hydrogen-bond donors (Lipinski definition) is 0. The highest BCUT2D eigenvalue weighted by Crippen LogP contribution is 2.53. The Kier molecular flexibility index (Phi) is 2.74. The van der Waals surface area contributed by atoms with Gasteiger partial charge in [0.15, 0.2) is 0 Å². The molecule has 0 aromatic rings. The van der Waals surface area contributed by atoms with Crippen molar-refractivity contribution in [3.63, 3.8) is 0 Å². The molecular formula is C14H20O3. The summed E-state index contributed by atoms with van der Waals surface area (Å²) in [5.41, 5.74) is -0.304. The van der Waals surface area contributed by atoms with E-state index in [0.29, 0.717) is 18.4 Å². The van der Waals surface area contributed by atoms with Crippen LogP contribution < -0.4 is 0 Å². The van der Waals surface area contributed by atoms with Crippen LogP contribution in [0.1, 0.15) is 32.6 Å². The number of esters is 1. The van der Waals surface area contributed by atoms with Crippen LogP contribution in [0.15, 0.2) is 12.2 Å². The third kappa shape index (κ3) is 1.90. The summed E-state index contributed by atoms with van der Waals surface area (Å²) in [5.74, 6) is 1.19. The topological polar surface area (TPSA) is 35.5 Å². The van der Waals surface area contributed by atoms with Gasteiger partial charge in [-0.25, -0.2) is 0 Å². The van der Waals surface area contributed by atoms with Gasteiger partial charge in [0.05, 0.1) is 12.0 Å². The summed E-state index contributed by atoms with van der Waals surface area (Å²) in [6.45, 7) is 3.61. The second-order valence-corrected chi connectivity index (χ2v) is 5.81. The number of allylic oxidation sites excluding steroid dienone is 1. The summed E-state index contributed by atoms with van der Waals surface area (Å²) in [6, 6.07) is 0. The van der Waals surface area contributed by atoms with Crippen molar-refractivity contribution < 1.29 is 14.3 Å². The molecule has 4 unspecified atom stereocenters.